The van der Waals surface area contributed by atoms with E-state index in [4.69, 9.17) is 0 Å². The van der Waals surface area contributed by atoms with Gasteiger partial charge in [-0.3, -0.25) is 0 Å². The highest BCUT2D eigenvalue weighted by Gasteiger charge is 2.17. The van der Waals surface area contributed by atoms with Crippen molar-refractivity contribution in [2.24, 2.45) is 0 Å². The van der Waals surface area contributed by atoms with Crippen molar-refractivity contribution in [3.05, 3.63) is 58.3 Å². The van der Waals surface area contributed by atoms with E-state index < -0.39 is 4.92 Å². The van der Waals surface area contributed by atoms with Gasteiger partial charge in [-0.1, -0.05) is 5.21 Å². The summed E-state index contributed by atoms with van der Waals surface area (Å²) >= 11 is 0. The third-order valence-corrected chi connectivity index (χ3v) is 4.43. The number of nitrogens with zero attached hydrogens (tertiary/aromatic N) is 7. The first-order chi connectivity index (χ1) is 14.3. The van der Waals surface area contributed by atoms with Crippen molar-refractivity contribution in [3.8, 4) is 0 Å². The summed E-state index contributed by atoms with van der Waals surface area (Å²) < 4.78 is 3.08. The molecule has 3 rings (SSSR count). The van der Waals surface area contributed by atoms with Crippen LogP contribution in [0.5, 0.6) is 0 Å². The van der Waals surface area contributed by atoms with Crippen molar-refractivity contribution in [3.63, 3.8) is 0 Å². The van der Waals surface area contributed by atoms with E-state index in [-0.39, 0.29) is 18.4 Å². The maximum Gasteiger partial charge on any atom is 0.342 e. The zero-order chi connectivity index (χ0) is 21.7. The number of aromatic nitrogens is 5. The molecule has 2 amide bonds. The lowest BCUT2D eigenvalue weighted by molar-refractivity contribution is -0.392. The molecule has 1 aromatic carbocycles. The first-order valence-corrected chi connectivity index (χ1v) is 9.21. The standard InChI is InChI=1S/C18H23N9O3/c1-13-19-11-17(27(29)30)26(13)9-8-25-12-15(22-23-25)10-20-18(28)21-14-4-6-16(7-5-14)24(2)3/h4-7,11-12H,8-10H2,1-3H3,(H2,20,21,28). The number of carbonyl (C=O) groups excluding carboxylic acids is 1. The molecule has 12 nitrogen and oxygen atoms in total. The average molecular weight is 413 g/mol. The van der Waals surface area contributed by atoms with Crippen LogP contribution >= 0.6 is 0 Å². The van der Waals surface area contributed by atoms with Crippen molar-refractivity contribution in [1.82, 2.24) is 29.9 Å². The van der Waals surface area contributed by atoms with Crippen molar-refractivity contribution < 1.29 is 9.72 Å². The summed E-state index contributed by atoms with van der Waals surface area (Å²) in [5, 5.41) is 24.5. The monoisotopic (exact) mass is 413 g/mol. The largest absolute Gasteiger partial charge is 0.378 e. The van der Waals surface area contributed by atoms with E-state index in [1.807, 2.05) is 43.3 Å². The highest BCUT2D eigenvalue weighted by atomic mass is 16.6. The number of aryl methyl sites for hydroxylation is 2. The summed E-state index contributed by atoms with van der Waals surface area (Å²) in [7, 11) is 3.89. The quantitative estimate of drug-likeness (QED) is 0.424. The van der Waals surface area contributed by atoms with E-state index in [1.54, 1.807) is 17.8 Å². The number of nitrogens with one attached hydrogen (secondary N) is 2. The number of rotatable bonds is 8. The normalized spacial score (nSPS) is 10.6. The third-order valence-electron chi connectivity index (χ3n) is 4.43. The molecule has 0 saturated heterocycles. The first-order valence-electron chi connectivity index (χ1n) is 9.21. The molecule has 0 fully saturated rings. The van der Waals surface area contributed by atoms with E-state index >= 15 is 0 Å². The fourth-order valence-corrected chi connectivity index (χ4v) is 2.80. The molecule has 0 bridgehead atoms. The maximum absolute atomic E-state index is 12.1. The molecular weight excluding hydrogens is 390 g/mol. The lowest BCUT2D eigenvalue weighted by Gasteiger charge is -2.13. The van der Waals surface area contributed by atoms with E-state index in [1.165, 1.54) is 10.8 Å². The van der Waals surface area contributed by atoms with Crippen molar-refractivity contribution in [1.29, 1.82) is 0 Å². The van der Waals surface area contributed by atoms with Gasteiger partial charge in [0.05, 0.1) is 19.3 Å². The molecule has 0 saturated carbocycles. The van der Waals surface area contributed by atoms with Gasteiger partial charge in [0.25, 0.3) is 0 Å². The van der Waals surface area contributed by atoms with Gasteiger partial charge in [-0.25, -0.2) is 19.0 Å². The molecule has 0 aliphatic heterocycles. The molecular formula is C18H23N9O3. The topological polar surface area (TPSA) is 136 Å². The lowest BCUT2D eigenvalue weighted by Crippen LogP contribution is -2.28. The van der Waals surface area contributed by atoms with Crippen LogP contribution in [-0.4, -0.2) is 49.6 Å². The van der Waals surface area contributed by atoms with Crippen LogP contribution in [0.3, 0.4) is 0 Å². The number of carbonyl (C=O) groups is 1. The van der Waals surface area contributed by atoms with Crippen molar-refractivity contribution >= 4 is 23.2 Å². The van der Waals surface area contributed by atoms with Gasteiger partial charge in [0.2, 0.25) is 0 Å². The molecule has 3 aromatic rings. The zero-order valence-electron chi connectivity index (χ0n) is 16.9. The van der Waals surface area contributed by atoms with Crippen LogP contribution in [0.4, 0.5) is 22.0 Å². The Bertz CT molecular complexity index is 1020. The number of imidazole rings is 1. The Kier molecular flexibility index (Phi) is 6.25. The molecule has 158 valence electrons. The van der Waals surface area contributed by atoms with Crippen LogP contribution in [0.2, 0.25) is 0 Å². The molecule has 0 radical (unpaired) electrons. The minimum absolute atomic E-state index is 0.0650. The Morgan fingerprint density at radius 3 is 2.63 bits per heavy atom. The minimum Gasteiger partial charge on any atom is -0.378 e. The Morgan fingerprint density at radius 1 is 1.23 bits per heavy atom. The number of benzene rings is 1. The lowest BCUT2D eigenvalue weighted by atomic mass is 10.2. The number of urea groups is 1. The Morgan fingerprint density at radius 2 is 1.97 bits per heavy atom. The minimum atomic E-state index is -0.469. The summed E-state index contributed by atoms with van der Waals surface area (Å²) in [6, 6.07) is 7.11. The summed E-state index contributed by atoms with van der Waals surface area (Å²) in [6.07, 6.45) is 2.92. The number of anilines is 2. The maximum atomic E-state index is 12.1. The van der Waals surface area contributed by atoms with Crippen LogP contribution in [0, 0.1) is 17.0 Å². The molecule has 0 aliphatic carbocycles. The second-order valence-electron chi connectivity index (χ2n) is 6.79. The first kappa shape index (κ1) is 20.8. The Labute approximate surface area is 172 Å². The number of hydrogen-bond acceptors (Lipinski definition) is 7. The van der Waals surface area contributed by atoms with Gasteiger partial charge < -0.3 is 25.6 Å². The molecule has 0 spiro atoms. The number of amides is 2. The average Bonchev–Trinajstić information content (AvgIpc) is 3.31. The van der Waals surface area contributed by atoms with Crippen LogP contribution in [0.1, 0.15) is 11.5 Å². The predicted octanol–water partition coefficient (Wildman–Crippen LogP) is 1.78. The van der Waals surface area contributed by atoms with Gasteiger partial charge in [0.1, 0.15) is 18.4 Å². The SMILES string of the molecule is Cc1ncc([N+](=O)[O-])n1CCn1cc(CNC(=O)Nc2ccc(N(C)C)cc2)nn1. The molecule has 0 aliphatic rings. The van der Waals surface area contributed by atoms with E-state index in [0.717, 1.165) is 5.69 Å². The van der Waals surface area contributed by atoms with Gasteiger partial charge in [-0.05, 0) is 29.2 Å². The molecule has 12 heteroatoms. The van der Waals surface area contributed by atoms with Crippen molar-refractivity contribution in [2.45, 2.75) is 26.6 Å². The highest BCUT2D eigenvalue weighted by molar-refractivity contribution is 5.89. The summed E-state index contributed by atoms with van der Waals surface area (Å²) in [5.74, 6) is 0.490. The second kappa shape index (κ2) is 9.03. The van der Waals surface area contributed by atoms with Crippen LogP contribution in [0.15, 0.2) is 36.7 Å². The zero-order valence-corrected chi connectivity index (χ0v) is 16.9. The van der Waals surface area contributed by atoms with E-state index in [0.29, 0.717) is 30.3 Å². The number of nitro groups is 1. The van der Waals surface area contributed by atoms with Crippen LogP contribution < -0.4 is 15.5 Å². The van der Waals surface area contributed by atoms with E-state index in [2.05, 4.69) is 25.9 Å². The summed E-state index contributed by atoms with van der Waals surface area (Å²) in [6.45, 7) is 2.62. The van der Waals surface area contributed by atoms with Gasteiger partial charge in [0, 0.05) is 32.4 Å². The summed E-state index contributed by atoms with van der Waals surface area (Å²) in [5.41, 5.74) is 2.29. The van der Waals surface area contributed by atoms with Gasteiger partial charge in [-0.2, -0.15) is 0 Å². The molecule has 2 N–H and O–H groups in total. The Hall–Kier alpha value is -3.96. The highest BCUT2D eigenvalue weighted by Crippen LogP contribution is 2.15. The fraction of sp³-hybridized carbons (Fsp3) is 0.333. The molecule has 2 heterocycles. The van der Waals surface area contributed by atoms with Crippen LogP contribution in [-0.2, 0) is 19.6 Å². The molecule has 0 atom stereocenters. The Balaban J connectivity index is 1.49. The number of hydrogen-bond donors (Lipinski definition) is 2. The van der Waals surface area contributed by atoms with Gasteiger partial charge >= 0.3 is 11.8 Å². The smallest absolute Gasteiger partial charge is 0.342 e. The fourth-order valence-electron chi connectivity index (χ4n) is 2.80. The predicted molar refractivity (Wildman–Crippen MR) is 110 cm³/mol. The molecule has 2 aromatic heterocycles. The molecule has 30 heavy (non-hydrogen) atoms. The van der Waals surface area contributed by atoms with E-state index in [9.17, 15) is 14.9 Å². The second-order valence-corrected chi connectivity index (χ2v) is 6.79. The van der Waals surface area contributed by atoms with Gasteiger partial charge in [0.15, 0.2) is 5.82 Å². The van der Waals surface area contributed by atoms with Crippen LogP contribution in [0.25, 0.3) is 0 Å². The summed E-state index contributed by atoms with van der Waals surface area (Å²) in [4.78, 5) is 28.6. The van der Waals surface area contributed by atoms with Gasteiger partial charge in [-0.15, -0.1) is 5.10 Å². The van der Waals surface area contributed by atoms with Crippen molar-refractivity contribution in [2.75, 3.05) is 24.3 Å². The molecule has 0 unspecified atom stereocenters. The third kappa shape index (κ3) is 5.10.